The number of fused-ring (bicyclic) bond motifs is 1. The van der Waals surface area contributed by atoms with Crippen molar-refractivity contribution in [2.24, 2.45) is 0 Å². The van der Waals surface area contributed by atoms with E-state index in [1.807, 2.05) is 6.92 Å². The lowest BCUT2D eigenvalue weighted by atomic mass is 10.1. The van der Waals surface area contributed by atoms with Gasteiger partial charge in [0.25, 0.3) is 5.91 Å². The number of benzene rings is 3. The number of rotatable bonds is 8. The quantitative estimate of drug-likeness (QED) is 0.328. The Morgan fingerprint density at radius 2 is 1.79 bits per heavy atom. The van der Waals surface area contributed by atoms with Gasteiger partial charge < -0.3 is 19.2 Å². The highest BCUT2D eigenvalue weighted by Crippen LogP contribution is 2.34. The van der Waals surface area contributed by atoms with E-state index in [1.54, 1.807) is 36.4 Å². The molecule has 0 fully saturated rings. The summed E-state index contributed by atoms with van der Waals surface area (Å²) >= 11 is 6.23. The molecule has 0 aliphatic carbocycles. The summed E-state index contributed by atoms with van der Waals surface area (Å²) in [6.45, 7) is 1.93. The van der Waals surface area contributed by atoms with Crippen LogP contribution in [0.4, 0.5) is 10.1 Å². The first-order valence-corrected chi connectivity index (χ1v) is 10.5. The van der Waals surface area contributed by atoms with E-state index in [2.05, 4.69) is 5.32 Å². The maximum atomic E-state index is 13.2. The Balaban J connectivity index is 1.60. The fourth-order valence-electron chi connectivity index (χ4n) is 3.23. The normalized spacial score (nSPS) is 10.8. The highest BCUT2D eigenvalue weighted by atomic mass is 35.5. The molecular weight excluding hydrogens is 449 g/mol. The van der Waals surface area contributed by atoms with Crippen molar-refractivity contribution < 1.29 is 27.9 Å². The number of amides is 1. The van der Waals surface area contributed by atoms with Crippen LogP contribution >= 0.6 is 11.6 Å². The van der Waals surface area contributed by atoms with Gasteiger partial charge in [-0.15, -0.1) is 0 Å². The lowest BCUT2D eigenvalue weighted by molar-refractivity contribution is -0.118. The second-order valence-electron chi connectivity index (χ2n) is 7.00. The van der Waals surface area contributed by atoms with Crippen LogP contribution in [0.2, 0.25) is 5.02 Å². The molecule has 8 heteroatoms. The van der Waals surface area contributed by atoms with E-state index in [0.29, 0.717) is 29.1 Å². The molecule has 0 spiro atoms. The molecule has 0 saturated heterocycles. The second-order valence-corrected chi connectivity index (χ2v) is 7.41. The molecule has 0 atom stereocenters. The van der Waals surface area contributed by atoms with Gasteiger partial charge >= 0.3 is 0 Å². The van der Waals surface area contributed by atoms with Crippen molar-refractivity contribution in [2.75, 3.05) is 18.5 Å². The number of carbonyl (C=O) groups is 2. The number of furan rings is 1. The average Bonchev–Trinajstić information content (AvgIpc) is 3.18. The molecule has 33 heavy (non-hydrogen) atoms. The molecule has 4 aromatic rings. The first kappa shape index (κ1) is 22.4. The molecule has 0 aliphatic rings. The van der Waals surface area contributed by atoms with Crippen molar-refractivity contribution in [2.45, 2.75) is 6.92 Å². The molecule has 0 radical (unpaired) electrons. The van der Waals surface area contributed by atoms with Gasteiger partial charge in [-0.3, -0.25) is 9.59 Å². The maximum Gasteiger partial charge on any atom is 0.262 e. The van der Waals surface area contributed by atoms with Crippen molar-refractivity contribution >= 4 is 39.9 Å². The van der Waals surface area contributed by atoms with Crippen LogP contribution in [-0.2, 0) is 4.79 Å². The van der Waals surface area contributed by atoms with E-state index in [-0.39, 0.29) is 28.6 Å². The summed E-state index contributed by atoms with van der Waals surface area (Å²) < 4.78 is 29.6. The Hall–Kier alpha value is -3.84. The van der Waals surface area contributed by atoms with Crippen LogP contribution < -0.4 is 14.8 Å². The number of hydrogen-bond acceptors (Lipinski definition) is 5. The molecular formula is C25H19ClFNO5. The number of nitrogens with one attached hydrogen (secondary N) is 1. The lowest BCUT2D eigenvalue weighted by Gasteiger charge is -2.09. The topological polar surface area (TPSA) is 77.8 Å². The smallest absolute Gasteiger partial charge is 0.262 e. The molecule has 1 aromatic heterocycles. The summed E-state index contributed by atoms with van der Waals surface area (Å²) in [5.41, 5.74) is 0.946. The average molecular weight is 468 g/mol. The minimum atomic E-state index is -0.510. The van der Waals surface area contributed by atoms with Crippen LogP contribution in [0.3, 0.4) is 0 Å². The summed E-state index contributed by atoms with van der Waals surface area (Å²) in [6, 6.07) is 16.9. The minimum absolute atomic E-state index is 0.0356. The monoisotopic (exact) mass is 467 g/mol. The maximum absolute atomic E-state index is 13.2. The number of hydrogen-bond donors (Lipinski definition) is 1. The van der Waals surface area contributed by atoms with E-state index in [1.165, 1.54) is 30.3 Å². The molecule has 1 N–H and O–H groups in total. The fraction of sp³-hybridized carbons (Fsp3) is 0.120. The van der Waals surface area contributed by atoms with Crippen LogP contribution in [0.1, 0.15) is 23.0 Å². The third kappa shape index (κ3) is 4.99. The molecule has 1 heterocycles. The number of halogens is 2. The minimum Gasteiger partial charge on any atom is -0.492 e. The van der Waals surface area contributed by atoms with Crippen molar-refractivity contribution in [3.63, 3.8) is 0 Å². The van der Waals surface area contributed by atoms with Crippen molar-refractivity contribution in [3.05, 3.63) is 88.9 Å². The third-order valence-corrected chi connectivity index (χ3v) is 5.04. The molecule has 0 bridgehead atoms. The van der Waals surface area contributed by atoms with E-state index >= 15 is 0 Å². The van der Waals surface area contributed by atoms with E-state index in [4.69, 9.17) is 25.5 Å². The highest BCUT2D eigenvalue weighted by Gasteiger charge is 2.24. The number of ether oxygens (including phenoxy) is 2. The van der Waals surface area contributed by atoms with Crippen LogP contribution in [-0.4, -0.2) is 24.9 Å². The SMILES string of the molecule is CCOc1ccc(C(=O)c2oc3ccccc3c2NC(=O)COc2ccc(F)cc2)cc1Cl. The Bertz CT molecular complexity index is 1320. The molecule has 0 aliphatic heterocycles. The fourth-order valence-corrected chi connectivity index (χ4v) is 3.47. The summed E-state index contributed by atoms with van der Waals surface area (Å²) in [6.07, 6.45) is 0. The number of carbonyl (C=O) groups excluding carboxylic acids is 2. The van der Waals surface area contributed by atoms with E-state index < -0.39 is 17.5 Å². The molecule has 3 aromatic carbocycles. The Labute approximate surface area is 193 Å². The van der Waals surface area contributed by atoms with Crippen LogP contribution in [0.25, 0.3) is 11.0 Å². The lowest BCUT2D eigenvalue weighted by Crippen LogP contribution is -2.21. The van der Waals surface area contributed by atoms with Gasteiger partial charge in [0, 0.05) is 10.9 Å². The summed E-state index contributed by atoms with van der Waals surface area (Å²) in [5, 5.41) is 3.55. The van der Waals surface area contributed by atoms with Crippen LogP contribution in [0, 0.1) is 5.82 Å². The van der Waals surface area contributed by atoms with Gasteiger partial charge in [0.15, 0.2) is 12.4 Å². The Morgan fingerprint density at radius 1 is 1.03 bits per heavy atom. The van der Waals surface area contributed by atoms with Gasteiger partial charge in [-0.2, -0.15) is 0 Å². The molecule has 0 unspecified atom stereocenters. The predicted octanol–water partition coefficient (Wildman–Crippen LogP) is 5.87. The van der Waals surface area contributed by atoms with Gasteiger partial charge in [0.2, 0.25) is 5.78 Å². The van der Waals surface area contributed by atoms with Crippen molar-refractivity contribution in [3.8, 4) is 11.5 Å². The summed E-state index contributed by atoms with van der Waals surface area (Å²) in [5.74, 6) is -0.605. The molecule has 1 amide bonds. The van der Waals surface area contributed by atoms with Crippen LogP contribution in [0.15, 0.2) is 71.1 Å². The number of ketones is 1. The van der Waals surface area contributed by atoms with Crippen LogP contribution in [0.5, 0.6) is 11.5 Å². The zero-order chi connectivity index (χ0) is 23.4. The predicted molar refractivity (Wildman–Crippen MR) is 123 cm³/mol. The Kier molecular flexibility index (Phi) is 6.60. The summed E-state index contributed by atoms with van der Waals surface area (Å²) in [4.78, 5) is 25.8. The van der Waals surface area contributed by atoms with Gasteiger partial charge in [-0.05, 0) is 61.5 Å². The van der Waals surface area contributed by atoms with Crippen molar-refractivity contribution in [1.29, 1.82) is 0 Å². The molecule has 168 valence electrons. The Morgan fingerprint density at radius 3 is 2.52 bits per heavy atom. The van der Waals surface area contributed by atoms with Gasteiger partial charge in [0.1, 0.15) is 22.9 Å². The second kappa shape index (κ2) is 9.75. The third-order valence-electron chi connectivity index (χ3n) is 4.74. The van der Waals surface area contributed by atoms with Crippen molar-refractivity contribution in [1.82, 2.24) is 0 Å². The molecule has 0 saturated carbocycles. The van der Waals surface area contributed by atoms with E-state index in [0.717, 1.165) is 0 Å². The zero-order valence-corrected chi connectivity index (χ0v) is 18.3. The number of para-hydroxylation sites is 1. The standard InChI is InChI=1S/C25H19ClFNO5/c1-2-31-21-12-7-15(13-19(21)26)24(30)25-23(18-5-3-4-6-20(18)33-25)28-22(29)14-32-17-10-8-16(27)9-11-17/h3-13H,2,14H2,1H3,(H,28,29). The summed E-state index contributed by atoms with van der Waals surface area (Å²) in [7, 11) is 0. The highest BCUT2D eigenvalue weighted by molar-refractivity contribution is 6.32. The van der Waals surface area contributed by atoms with Gasteiger partial charge in [-0.1, -0.05) is 23.7 Å². The van der Waals surface area contributed by atoms with E-state index in [9.17, 15) is 14.0 Å². The number of anilines is 1. The van der Waals surface area contributed by atoms with Gasteiger partial charge in [0.05, 0.1) is 17.3 Å². The zero-order valence-electron chi connectivity index (χ0n) is 17.6. The molecule has 6 nitrogen and oxygen atoms in total. The largest absolute Gasteiger partial charge is 0.492 e. The molecule has 4 rings (SSSR count). The van der Waals surface area contributed by atoms with Gasteiger partial charge in [-0.25, -0.2) is 4.39 Å². The first-order valence-electron chi connectivity index (χ1n) is 10.1. The first-order chi connectivity index (χ1) is 16.0.